The Kier molecular flexibility index (Phi) is 1.82. The molecule has 1 aromatic rings. The van der Waals surface area contributed by atoms with Gasteiger partial charge in [0.05, 0.1) is 0 Å². The van der Waals surface area contributed by atoms with Gasteiger partial charge in [0.15, 0.2) is 0 Å². The van der Waals surface area contributed by atoms with Crippen LogP contribution in [0.1, 0.15) is 5.56 Å². The zero-order chi connectivity index (χ0) is 6.85. The predicted molar refractivity (Wildman–Crippen MR) is 41.6 cm³/mol. The molecule has 2 heteroatoms. The maximum Gasteiger partial charge on any atom is 0.113 e. The van der Waals surface area contributed by atoms with Gasteiger partial charge in [-0.2, -0.15) is 0 Å². The molecule has 0 saturated heterocycles. The summed E-state index contributed by atoms with van der Waals surface area (Å²) in [5.41, 5.74) is 1.82. The molecule has 0 bridgehead atoms. The fourth-order valence-corrected chi connectivity index (χ4v) is 1.06. The van der Waals surface area contributed by atoms with Gasteiger partial charge >= 0.3 is 0 Å². The van der Waals surface area contributed by atoms with Crippen molar-refractivity contribution < 1.29 is 0 Å². The van der Waals surface area contributed by atoms with E-state index in [1.807, 2.05) is 19.1 Å². The first-order chi connectivity index (χ1) is 4.18. The summed E-state index contributed by atoms with van der Waals surface area (Å²) in [7, 11) is 5.48. The van der Waals surface area contributed by atoms with Crippen molar-refractivity contribution in [1.82, 2.24) is 0 Å². The van der Waals surface area contributed by atoms with E-state index in [0.29, 0.717) is 5.02 Å². The Bertz CT molecular complexity index is 170. The molecule has 0 fully saturated rings. The molecular formula is C7H6BCl. The van der Waals surface area contributed by atoms with E-state index < -0.39 is 0 Å². The zero-order valence-electron chi connectivity index (χ0n) is 5.19. The van der Waals surface area contributed by atoms with E-state index in [0.717, 1.165) is 11.0 Å². The standard InChI is InChI=1S/C7H6BCl/c1-5-2-6(8)4-7(9)3-5/h2-4H,1H3. The van der Waals surface area contributed by atoms with E-state index >= 15 is 0 Å². The molecule has 1 aromatic carbocycles. The Morgan fingerprint density at radius 1 is 1.33 bits per heavy atom. The van der Waals surface area contributed by atoms with Gasteiger partial charge in [-0.1, -0.05) is 34.8 Å². The van der Waals surface area contributed by atoms with Crippen molar-refractivity contribution in [2.75, 3.05) is 0 Å². The summed E-state index contributed by atoms with van der Waals surface area (Å²) in [4.78, 5) is 0. The summed E-state index contributed by atoms with van der Waals surface area (Å²) >= 11 is 5.67. The average Bonchev–Trinajstić information content (AvgIpc) is 1.59. The molecule has 0 amide bonds. The summed E-state index contributed by atoms with van der Waals surface area (Å²) in [6.07, 6.45) is 0. The van der Waals surface area contributed by atoms with E-state index in [1.54, 1.807) is 6.07 Å². The molecular weight excluding hydrogens is 130 g/mol. The Morgan fingerprint density at radius 3 is 2.44 bits per heavy atom. The van der Waals surface area contributed by atoms with Gasteiger partial charge < -0.3 is 0 Å². The topological polar surface area (TPSA) is 0 Å². The Hall–Kier alpha value is -0.425. The highest BCUT2D eigenvalue weighted by Crippen LogP contribution is 2.06. The van der Waals surface area contributed by atoms with Gasteiger partial charge in [0, 0.05) is 5.02 Å². The first-order valence-corrected chi connectivity index (χ1v) is 3.09. The molecule has 0 aromatic heterocycles. The van der Waals surface area contributed by atoms with E-state index in [2.05, 4.69) is 0 Å². The second-order valence-electron chi connectivity index (χ2n) is 2.06. The lowest BCUT2D eigenvalue weighted by atomic mass is 9.95. The fraction of sp³-hybridized carbons (Fsp3) is 0.143. The first-order valence-electron chi connectivity index (χ1n) is 2.71. The van der Waals surface area contributed by atoms with Crippen molar-refractivity contribution in [1.29, 1.82) is 0 Å². The van der Waals surface area contributed by atoms with Crippen molar-refractivity contribution >= 4 is 24.9 Å². The molecule has 0 saturated carbocycles. The first kappa shape index (κ1) is 6.69. The molecule has 0 N–H and O–H groups in total. The molecule has 1 rings (SSSR count). The van der Waals surface area contributed by atoms with Crippen molar-refractivity contribution in [3.8, 4) is 0 Å². The number of halogens is 1. The highest BCUT2D eigenvalue weighted by Gasteiger charge is 1.88. The summed E-state index contributed by atoms with van der Waals surface area (Å²) in [5.74, 6) is 0. The summed E-state index contributed by atoms with van der Waals surface area (Å²) in [6, 6.07) is 5.48. The predicted octanol–water partition coefficient (Wildman–Crippen LogP) is 1.44. The summed E-state index contributed by atoms with van der Waals surface area (Å²) in [6.45, 7) is 1.96. The maximum absolute atomic E-state index is 5.67. The van der Waals surface area contributed by atoms with E-state index in [4.69, 9.17) is 19.4 Å². The third-order valence-electron chi connectivity index (χ3n) is 1.06. The normalized spacial score (nSPS) is 9.56. The second-order valence-corrected chi connectivity index (χ2v) is 2.50. The highest BCUT2D eigenvalue weighted by molar-refractivity contribution is 6.36. The van der Waals surface area contributed by atoms with Crippen LogP contribution in [-0.2, 0) is 0 Å². The van der Waals surface area contributed by atoms with Crippen LogP contribution in [0.15, 0.2) is 18.2 Å². The zero-order valence-corrected chi connectivity index (χ0v) is 5.94. The molecule has 0 aliphatic heterocycles. The van der Waals surface area contributed by atoms with Crippen LogP contribution in [0.4, 0.5) is 0 Å². The van der Waals surface area contributed by atoms with Gasteiger partial charge in [-0.15, -0.1) is 0 Å². The molecule has 44 valence electrons. The second kappa shape index (κ2) is 2.44. The van der Waals surface area contributed by atoms with Gasteiger partial charge in [0.2, 0.25) is 0 Å². The summed E-state index contributed by atoms with van der Waals surface area (Å²) in [5, 5.41) is 0.701. The molecule has 9 heavy (non-hydrogen) atoms. The monoisotopic (exact) mass is 136 g/mol. The molecule has 0 aliphatic rings. The molecule has 0 atom stereocenters. The van der Waals surface area contributed by atoms with Gasteiger partial charge in [-0.3, -0.25) is 0 Å². The quantitative estimate of drug-likeness (QED) is 0.474. The van der Waals surface area contributed by atoms with Crippen LogP contribution < -0.4 is 5.46 Å². The van der Waals surface area contributed by atoms with E-state index in [9.17, 15) is 0 Å². The molecule has 0 nitrogen and oxygen atoms in total. The van der Waals surface area contributed by atoms with Gasteiger partial charge in [-0.25, -0.2) is 0 Å². The Balaban J connectivity index is 3.17. The lowest BCUT2D eigenvalue weighted by Gasteiger charge is -1.95. The van der Waals surface area contributed by atoms with Crippen molar-refractivity contribution in [3.63, 3.8) is 0 Å². The van der Waals surface area contributed by atoms with Crippen LogP contribution in [0.25, 0.3) is 0 Å². The van der Waals surface area contributed by atoms with Gasteiger partial charge in [0.1, 0.15) is 7.85 Å². The van der Waals surface area contributed by atoms with Crippen LogP contribution in [0.2, 0.25) is 5.02 Å². The van der Waals surface area contributed by atoms with Gasteiger partial charge in [0.25, 0.3) is 0 Å². The average molecular weight is 136 g/mol. The Morgan fingerprint density at radius 2 is 2.00 bits per heavy atom. The molecule has 0 unspecified atom stereocenters. The lowest BCUT2D eigenvalue weighted by Crippen LogP contribution is -2.00. The van der Waals surface area contributed by atoms with E-state index in [-0.39, 0.29) is 0 Å². The molecule has 0 aliphatic carbocycles. The van der Waals surface area contributed by atoms with Crippen molar-refractivity contribution in [2.24, 2.45) is 0 Å². The number of hydrogen-bond acceptors (Lipinski definition) is 0. The molecule has 2 radical (unpaired) electrons. The van der Waals surface area contributed by atoms with Crippen molar-refractivity contribution in [3.05, 3.63) is 28.8 Å². The van der Waals surface area contributed by atoms with E-state index in [1.165, 1.54) is 0 Å². The fourth-order valence-electron chi connectivity index (χ4n) is 0.765. The number of aryl methyl sites for hydroxylation is 1. The number of benzene rings is 1. The third kappa shape index (κ3) is 1.76. The number of hydrogen-bond donors (Lipinski definition) is 0. The van der Waals surface area contributed by atoms with Gasteiger partial charge in [-0.05, 0) is 13.0 Å². The number of rotatable bonds is 0. The molecule has 0 spiro atoms. The Labute approximate surface area is 61.3 Å². The van der Waals surface area contributed by atoms with Crippen LogP contribution in [0.3, 0.4) is 0 Å². The maximum atomic E-state index is 5.67. The minimum Gasteiger partial charge on any atom is -0.0950 e. The minimum atomic E-state index is 0.701. The van der Waals surface area contributed by atoms with Crippen LogP contribution in [0.5, 0.6) is 0 Å². The minimum absolute atomic E-state index is 0.701. The van der Waals surface area contributed by atoms with Crippen LogP contribution in [-0.4, -0.2) is 7.85 Å². The third-order valence-corrected chi connectivity index (χ3v) is 1.28. The summed E-state index contributed by atoms with van der Waals surface area (Å²) < 4.78 is 0. The SMILES string of the molecule is [B]c1cc(C)cc(Cl)c1. The largest absolute Gasteiger partial charge is 0.113 e. The van der Waals surface area contributed by atoms with Crippen LogP contribution >= 0.6 is 11.6 Å². The molecule has 0 heterocycles. The van der Waals surface area contributed by atoms with Crippen molar-refractivity contribution in [2.45, 2.75) is 6.92 Å². The van der Waals surface area contributed by atoms with Crippen LogP contribution in [0, 0.1) is 6.92 Å². The lowest BCUT2D eigenvalue weighted by molar-refractivity contribution is 1.49. The smallest absolute Gasteiger partial charge is 0.0950 e. The highest BCUT2D eigenvalue weighted by atomic mass is 35.5.